The highest BCUT2D eigenvalue weighted by molar-refractivity contribution is 5.71. The van der Waals surface area contributed by atoms with Gasteiger partial charge in [0.1, 0.15) is 11.7 Å². The standard InChI is InChI=1S/C36H51N3O6/c1-26(31-13-6-7-20-37-31)11-10-12-27(2)34-28(3)14-15-32(36(4,43)19-16-30(40)25-33(41)45-34)44-35(42)39-23-17-29(18-24-39)38-21-8-5-9-22-38/h6-7,10-15,20,26,29-30,32,34,40,43H,3,5,8-9,16-19,21-25H2,1-2,4H3/b11-10+,15-14+,27-12+/t26-,30-,32+,34-,36-/m1/s1. The van der Waals surface area contributed by atoms with E-state index in [0.717, 1.165) is 37.2 Å². The quantitative estimate of drug-likeness (QED) is 0.318. The summed E-state index contributed by atoms with van der Waals surface area (Å²) in [5.74, 6) is -0.475. The number of esters is 1. The topological polar surface area (TPSA) is 112 Å². The molecular formula is C36H51N3O6. The van der Waals surface area contributed by atoms with Crippen LogP contribution >= 0.6 is 0 Å². The first-order valence-electron chi connectivity index (χ1n) is 16.5. The molecule has 0 aliphatic carbocycles. The number of likely N-dealkylation sites (tertiary alicyclic amines) is 2. The zero-order valence-corrected chi connectivity index (χ0v) is 27.1. The summed E-state index contributed by atoms with van der Waals surface area (Å²) in [5.41, 5.74) is 0.647. The number of piperidine rings is 2. The summed E-state index contributed by atoms with van der Waals surface area (Å²) in [6.45, 7) is 13.1. The van der Waals surface area contributed by atoms with Crippen LogP contribution in [0.3, 0.4) is 0 Å². The number of carbonyl (C=O) groups excluding carboxylic acids is 2. The maximum absolute atomic E-state index is 13.3. The van der Waals surface area contributed by atoms with Crippen molar-refractivity contribution in [3.05, 3.63) is 78.2 Å². The fourth-order valence-electron chi connectivity index (χ4n) is 6.29. The number of carbonyl (C=O) groups is 2. The number of ether oxygens (including phenoxy) is 2. The maximum atomic E-state index is 13.3. The van der Waals surface area contributed by atoms with Gasteiger partial charge in [-0.25, -0.2) is 4.79 Å². The molecule has 0 unspecified atom stereocenters. The molecule has 9 heteroatoms. The van der Waals surface area contributed by atoms with Crippen LogP contribution in [0.1, 0.15) is 83.7 Å². The van der Waals surface area contributed by atoms with Gasteiger partial charge < -0.3 is 29.5 Å². The number of nitrogens with zero attached hydrogens (tertiary/aromatic N) is 3. The Morgan fingerprint density at radius 1 is 1.18 bits per heavy atom. The van der Waals surface area contributed by atoms with Gasteiger partial charge in [-0.05, 0) is 94.8 Å². The number of aliphatic hydroxyl groups excluding tert-OH is 1. The summed E-state index contributed by atoms with van der Waals surface area (Å²) in [5, 5.41) is 22.0. The molecule has 4 rings (SSSR count). The number of rotatable bonds is 6. The molecule has 3 aliphatic heterocycles. The maximum Gasteiger partial charge on any atom is 0.410 e. The fourth-order valence-corrected chi connectivity index (χ4v) is 6.29. The van der Waals surface area contributed by atoms with Gasteiger partial charge in [0, 0.05) is 36.9 Å². The molecule has 0 saturated carbocycles. The first kappa shape index (κ1) is 34.6. The highest BCUT2D eigenvalue weighted by atomic mass is 16.6. The first-order chi connectivity index (χ1) is 21.5. The SMILES string of the molecule is C=C1/C=C/[C@H](OC(=O)N2CCC(N3CCCCC3)CC2)[C@](C)(O)CC[C@@H](O)CC(=O)O[C@@H]1/C(C)=C/C=C/[C@@H](C)c1ccccn1. The van der Waals surface area contributed by atoms with Crippen molar-refractivity contribution in [3.63, 3.8) is 0 Å². The summed E-state index contributed by atoms with van der Waals surface area (Å²) >= 11 is 0. The number of pyridine rings is 1. The Balaban J connectivity index is 1.46. The Labute approximate surface area is 268 Å². The van der Waals surface area contributed by atoms with Gasteiger partial charge in [-0.2, -0.15) is 0 Å². The molecule has 9 nitrogen and oxygen atoms in total. The number of aliphatic hydroxyl groups is 2. The second kappa shape index (κ2) is 16.3. The fraction of sp³-hybridized carbons (Fsp3) is 0.583. The molecule has 4 heterocycles. The van der Waals surface area contributed by atoms with E-state index in [4.69, 9.17) is 9.47 Å². The second-order valence-electron chi connectivity index (χ2n) is 13.0. The van der Waals surface area contributed by atoms with Crippen molar-refractivity contribution in [2.75, 3.05) is 26.2 Å². The summed E-state index contributed by atoms with van der Waals surface area (Å²) in [7, 11) is 0. The van der Waals surface area contributed by atoms with Crippen molar-refractivity contribution >= 4 is 12.1 Å². The summed E-state index contributed by atoms with van der Waals surface area (Å²) in [4.78, 5) is 34.8. The van der Waals surface area contributed by atoms with E-state index in [1.165, 1.54) is 19.3 Å². The predicted molar refractivity (Wildman–Crippen MR) is 174 cm³/mol. The van der Waals surface area contributed by atoms with Crippen LogP contribution < -0.4 is 0 Å². The van der Waals surface area contributed by atoms with Crippen LogP contribution in [0, 0.1) is 0 Å². The molecule has 2 fully saturated rings. The lowest BCUT2D eigenvalue weighted by atomic mass is 9.89. The van der Waals surface area contributed by atoms with Crippen molar-refractivity contribution in [1.82, 2.24) is 14.8 Å². The van der Waals surface area contributed by atoms with E-state index in [1.807, 2.05) is 50.3 Å². The highest BCUT2D eigenvalue weighted by Gasteiger charge is 2.37. The van der Waals surface area contributed by atoms with Crippen molar-refractivity contribution in [3.8, 4) is 0 Å². The lowest BCUT2D eigenvalue weighted by Gasteiger charge is -2.40. The van der Waals surface area contributed by atoms with Crippen molar-refractivity contribution < 1.29 is 29.3 Å². The van der Waals surface area contributed by atoms with Gasteiger partial charge >= 0.3 is 12.1 Å². The van der Waals surface area contributed by atoms with Crippen LogP contribution in [0.15, 0.2) is 72.5 Å². The van der Waals surface area contributed by atoms with E-state index in [9.17, 15) is 19.8 Å². The van der Waals surface area contributed by atoms with E-state index in [0.29, 0.717) is 24.7 Å². The van der Waals surface area contributed by atoms with Crippen molar-refractivity contribution in [1.29, 1.82) is 0 Å². The molecule has 0 bridgehead atoms. The zero-order valence-electron chi connectivity index (χ0n) is 27.1. The second-order valence-corrected chi connectivity index (χ2v) is 13.0. The molecule has 1 amide bonds. The number of cyclic esters (lactones) is 1. The first-order valence-corrected chi connectivity index (χ1v) is 16.5. The third kappa shape index (κ3) is 10.1. The molecule has 1 aromatic heterocycles. The van der Waals surface area contributed by atoms with Crippen LogP contribution in [0.2, 0.25) is 0 Å². The Hall–Kier alpha value is -3.27. The predicted octanol–water partition coefficient (Wildman–Crippen LogP) is 5.46. The van der Waals surface area contributed by atoms with Crippen LogP contribution in [0.5, 0.6) is 0 Å². The van der Waals surface area contributed by atoms with Crippen LogP contribution in [-0.4, -0.2) is 93.2 Å². The van der Waals surface area contributed by atoms with E-state index in [1.54, 1.807) is 30.2 Å². The monoisotopic (exact) mass is 621 g/mol. The highest BCUT2D eigenvalue weighted by Crippen LogP contribution is 2.28. The average Bonchev–Trinajstić information content (AvgIpc) is 3.04. The van der Waals surface area contributed by atoms with E-state index in [2.05, 4.69) is 16.5 Å². The van der Waals surface area contributed by atoms with Gasteiger partial charge in [0.25, 0.3) is 0 Å². The number of allylic oxidation sites excluding steroid dienone is 3. The van der Waals surface area contributed by atoms with Crippen LogP contribution in [-0.2, 0) is 14.3 Å². The Morgan fingerprint density at radius 2 is 1.91 bits per heavy atom. The van der Waals surface area contributed by atoms with Crippen LogP contribution in [0.4, 0.5) is 4.79 Å². The Kier molecular flexibility index (Phi) is 12.6. The van der Waals surface area contributed by atoms with Gasteiger partial charge in [0.2, 0.25) is 0 Å². The Morgan fingerprint density at radius 3 is 2.60 bits per heavy atom. The molecular weight excluding hydrogens is 570 g/mol. The molecule has 0 aromatic carbocycles. The summed E-state index contributed by atoms with van der Waals surface area (Å²) in [6.07, 6.45) is 13.1. The minimum absolute atomic E-state index is 0.0839. The molecule has 5 atom stereocenters. The molecule has 0 radical (unpaired) electrons. The molecule has 2 saturated heterocycles. The molecule has 2 N–H and O–H groups in total. The zero-order chi connectivity index (χ0) is 32.4. The van der Waals surface area contributed by atoms with E-state index < -0.39 is 36.0 Å². The number of amides is 1. The van der Waals surface area contributed by atoms with E-state index in [-0.39, 0.29) is 25.2 Å². The van der Waals surface area contributed by atoms with Crippen LogP contribution in [0.25, 0.3) is 0 Å². The summed E-state index contributed by atoms with van der Waals surface area (Å²) in [6, 6.07) is 6.28. The molecule has 1 aromatic rings. The number of aromatic nitrogens is 1. The van der Waals surface area contributed by atoms with Gasteiger partial charge in [-0.3, -0.25) is 9.78 Å². The minimum Gasteiger partial charge on any atom is -0.453 e. The van der Waals surface area contributed by atoms with Crippen molar-refractivity contribution in [2.24, 2.45) is 0 Å². The molecule has 45 heavy (non-hydrogen) atoms. The minimum atomic E-state index is -1.48. The van der Waals surface area contributed by atoms with Gasteiger partial charge in [0.05, 0.1) is 12.5 Å². The Bertz CT molecular complexity index is 1230. The van der Waals surface area contributed by atoms with Gasteiger partial charge in [-0.15, -0.1) is 0 Å². The van der Waals surface area contributed by atoms with E-state index >= 15 is 0 Å². The summed E-state index contributed by atoms with van der Waals surface area (Å²) < 4.78 is 11.7. The third-order valence-electron chi connectivity index (χ3n) is 9.25. The largest absolute Gasteiger partial charge is 0.453 e. The van der Waals surface area contributed by atoms with Gasteiger partial charge in [0.15, 0.2) is 6.10 Å². The third-order valence-corrected chi connectivity index (χ3v) is 9.25. The number of hydrogen-bond donors (Lipinski definition) is 2. The number of hydrogen-bond acceptors (Lipinski definition) is 8. The van der Waals surface area contributed by atoms with Crippen molar-refractivity contribution in [2.45, 2.75) is 108 Å². The average molecular weight is 622 g/mol. The lowest BCUT2D eigenvalue weighted by Crippen LogP contribution is -2.50. The lowest BCUT2D eigenvalue weighted by molar-refractivity contribution is -0.148. The smallest absolute Gasteiger partial charge is 0.410 e. The molecule has 246 valence electrons. The molecule has 0 spiro atoms. The normalized spacial score (nSPS) is 29.8. The van der Waals surface area contributed by atoms with Gasteiger partial charge in [-0.1, -0.05) is 50.3 Å². The molecule has 3 aliphatic rings.